The highest BCUT2D eigenvalue weighted by atomic mass is 79.9. The summed E-state index contributed by atoms with van der Waals surface area (Å²) in [6.07, 6.45) is 0.296. The van der Waals surface area contributed by atoms with E-state index < -0.39 is 0 Å². The van der Waals surface area contributed by atoms with Crippen molar-refractivity contribution in [1.82, 2.24) is 0 Å². The van der Waals surface area contributed by atoms with Crippen molar-refractivity contribution in [3.05, 3.63) is 21.1 Å². The van der Waals surface area contributed by atoms with E-state index in [0.717, 1.165) is 20.4 Å². The largest absolute Gasteiger partial charge is 0.495 e. The Kier molecular flexibility index (Phi) is 5.08. The quantitative estimate of drug-likeness (QED) is 0.856. The molecule has 0 unspecified atom stereocenters. The Morgan fingerprint density at radius 2 is 2.12 bits per heavy atom. The molecule has 0 heterocycles. The molecule has 0 atom stereocenters. The van der Waals surface area contributed by atoms with Gasteiger partial charge in [0.2, 0.25) is 5.91 Å². The highest BCUT2D eigenvalue weighted by Gasteiger charge is 2.06. The second kappa shape index (κ2) is 6.10. The maximum atomic E-state index is 10.6. The third kappa shape index (κ3) is 3.68. The standard InChI is InChI=1S/C10H12Br2N2O2/c1-16-9-5-8(6(11)4-7(9)12)14-3-2-10(13)15/h4-5,14H,2-3H2,1H3,(H2,13,15). The summed E-state index contributed by atoms with van der Waals surface area (Å²) < 4.78 is 6.93. The smallest absolute Gasteiger partial charge is 0.219 e. The van der Waals surface area contributed by atoms with Gasteiger partial charge in [-0.15, -0.1) is 0 Å². The number of carbonyl (C=O) groups is 1. The second-order valence-corrected chi connectivity index (χ2v) is 4.82. The van der Waals surface area contributed by atoms with E-state index in [4.69, 9.17) is 10.5 Å². The molecule has 0 radical (unpaired) electrons. The number of rotatable bonds is 5. The monoisotopic (exact) mass is 350 g/mol. The van der Waals surface area contributed by atoms with Crippen molar-refractivity contribution in [3.63, 3.8) is 0 Å². The minimum Gasteiger partial charge on any atom is -0.495 e. The number of carbonyl (C=O) groups excluding carboxylic acids is 1. The first-order valence-corrected chi connectivity index (χ1v) is 6.18. The normalized spacial score (nSPS) is 9.94. The van der Waals surface area contributed by atoms with Gasteiger partial charge in [-0.2, -0.15) is 0 Å². The number of amides is 1. The van der Waals surface area contributed by atoms with Gasteiger partial charge in [0.05, 0.1) is 17.3 Å². The number of anilines is 1. The molecule has 0 aromatic heterocycles. The number of hydrogen-bond acceptors (Lipinski definition) is 3. The maximum Gasteiger partial charge on any atom is 0.219 e. The first kappa shape index (κ1) is 13.3. The topological polar surface area (TPSA) is 64.3 Å². The Hall–Kier alpha value is -0.750. The summed E-state index contributed by atoms with van der Waals surface area (Å²) in [6.45, 7) is 0.499. The van der Waals surface area contributed by atoms with E-state index in [1.165, 1.54) is 0 Å². The zero-order chi connectivity index (χ0) is 12.1. The summed E-state index contributed by atoms with van der Waals surface area (Å²) in [5, 5.41) is 3.10. The van der Waals surface area contributed by atoms with Gasteiger partial charge in [-0.3, -0.25) is 4.79 Å². The number of hydrogen-bond donors (Lipinski definition) is 2. The minimum atomic E-state index is -0.326. The van der Waals surface area contributed by atoms with Crippen molar-refractivity contribution in [2.75, 3.05) is 19.0 Å². The summed E-state index contributed by atoms with van der Waals surface area (Å²) in [4.78, 5) is 10.6. The molecular weight excluding hydrogens is 340 g/mol. The van der Waals surface area contributed by atoms with Crippen LogP contribution in [0.25, 0.3) is 0 Å². The van der Waals surface area contributed by atoms with Gasteiger partial charge in [-0.25, -0.2) is 0 Å². The van der Waals surface area contributed by atoms with Crippen LogP contribution in [0.5, 0.6) is 5.75 Å². The molecule has 0 bridgehead atoms. The zero-order valence-corrected chi connectivity index (χ0v) is 11.9. The zero-order valence-electron chi connectivity index (χ0n) is 8.72. The third-order valence-electron chi connectivity index (χ3n) is 1.93. The van der Waals surface area contributed by atoms with E-state index in [2.05, 4.69) is 37.2 Å². The van der Waals surface area contributed by atoms with E-state index in [1.807, 2.05) is 12.1 Å². The molecule has 16 heavy (non-hydrogen) atoms. The Labute approximate surface area is 111 Å². The lowest BCUT2D eigenvalue weighted by atomic mass is 10.3. The van der Waals surface area contributed by atoms with Crippen LogP contribution in [-0.2, 0) is 4.79 Å². The van der Waals surface area contributed by atoms with E-state index in [-0.39, 0.29) is 5.91 Å². The minimum absolute atomic E-state index is 0.296. The Balaban J connectivity index is 2.75. The van der Waals surface area contributed by atoms with Crippen LogP contribution in [0.3, 0.4) is 0 Å². The van der Waals surface area contributed by atoms with Gasteiger partial charge in [0.15, 0.2) is 0 Å². The van der Waals surface area contributed by atoms with Gasteiger partial charge in [-0.05, 0) is 37.9 Å². The molecule has 1 aromatic carbocycles. The SMILES string of the molecule is COc1cc(NCCC(N)=O)c(Br)cc1Br. The Morgan fingerprint density at radius 1 is 1.44 bits per heavy atom. The fraction of sp³-hybridized carbons (Fsp3) is 0.300. The predicted octanol–water partition coefficient (Wildman–Crippen LogP) is 2.51. The van der Waals surface area contributed by atoms with Crippen LogP contribution in [0, 0.1) is 0 Å². The molecule has 0 spiro atoms. The second-order valence-electron chi connectivity index (χ2n) is 3.11. The van der Waals surface area contributed by atoms with Crippen LogP contribution in [0.1, 0.15) is 6.42 Å². The highest BCUT2D eigenvalue weighted by molar-refractivity contribution is 9.11. The number of nitrogens with two attached hydrogens (primary N) is 1. The van der Waals surface area contributed by atoms with Crippen molar-refractivity contribution in [2.45, 2.75) is 6.42 Å². The fourth-order valence-electron chi connectivity index (χ4n) is 1.14. The summed E-state index contributed by atoms with van der Waals surface area (Å²) in [7, 11) is 1.60. The van der Waals surface area contributed by atoms with Crippen LogP contribution in [0.4, 0.5) is 5.69 Å². The fourth-order valence-corrected chi connectivity index (χ4v) is 2.44. The van der Waals surface area contributed by atoms with Gasteiger partial charge in [0.1, 0.15) is 5.75 Å². The first-order valence-electron chi connectivity index (χ1n) is 4.59. The first-order chi connectivity index (χ1) is 7.54. The number of ether oxygens (including phenoxy) is 1. The van der Waals surface area contributed by atoms with Crippen LogP contribution < -0.4 is 15.8 Å². The molecule has 0 aliphatic carbocycles. The lowest BCUT2D eigenvalue weighted by Crippen LogP contribution is -2.16. The van der Waals surface area contributed by atoms with Crippen molar-refractivity contribution in [3.8, 4) is 5.75 Å². The summed E-state index contributed by atoms with van der Waals surface area (Å²) in [6, 6.07) is 3.72. The maximum absolute atomic E-state index is 10.6. The molecule has 88 valence electrons. The van der Waals surface area contributed by atoms with Crippen molar-refractivity contribution < 1.29 is 9.53 Å². The van der Waals surface area contributed by atoms with Crippen LogP contribution in [0.15, 0.2) is 21.1 Å². The molecule has 4 nitrogen and oxygen atoms in total. The van der Waals surface area contributed by atoms with E-state index in [9.17, 15) is 4.79 Å². The molecule has 0 aliphatic heterocycles. The summed E-state index contributed by atoms with van der Waals surface area (Å²) in [5.74, 6) is 0.400. The van der Waals surface area contributed by atoms with Gasteiger partial charge < -0.3 is 15.8 Å². The predicted molar refractivity (Wildman–Crippen MR) is 70.7 cm³/mol. The van der Waals surface area contributed by atoms with Crippen LogP contribution in [0.2, 0.25) is 0 Å². The van der Waals surface area contributed by atoms with Gasteiger partial charge in [0, 0.05) is 23.5 Å². The number of primary amides is 1. The number of methoxy groups -OCH3 is 1. The molecule has 1 aromatic rings. The molecule has 0 saturated heterocycles. The molecule has 6 heteroatoms. The van der Waals surface area contributed by atoms with Crippen LogP contribution >= 0.6 is 31.9 Å². The number of nitrogens with one attached hydrogen (secondary N) is 1. The van der Waals surface area contributed by atoms with Crippen molar-refractivity contribution in [1.29, 1.82) is 0 Å². The lowest BCUT2D eigenvalue weighted by molar-refractivity contribution is -0.117. The highest BCUT2D eigenvalue weighted by Crippen LogP contribution is 2.34. The molecule has 0 fully saturated rings. The van der Waals surface area contributed by atoms with E-state index in [1.54, 1.807) is 7.11 Å². The number of halogens is 2. The van der Waals surface area contributed by atoms with Gasteiger partial charge >= 0.3 is 0 Å². The molecule has 0 aliphatic rings. The average molecular weight is 352 g/mol. The van der Waals surface area contributed by atoms with E-state index in [0.29, 0.717) is 13.0 Å². The van der Waals surface area contributed by atoms with Crippen molar-refractivity contribution in [2.24, 2.45) is 5.73 Å². The summed E-state index contributed by atoms with van der Waals surface area (Å²) >= 11 is 6.79. The van der Waals surface area contributed by atoms with Gasteiger partial charge in [-0.1, -0.05) is 0 Å². The number of benzene rings is 1. The molecule has 3 N–H and O–H groups in total. The molecule has 1 amide bonds. The molecule has 1 rings (SSSR count). The van der Waals surface area contributed by atoms with Gasteiger partial charge in [0.25, 0.3) is 0 Å². The van der Waals surface area contributed by atoms with Crippen molar-refractivity contribution >= 4 is 43.5 Å². The lowest BCUT2D eigenvalue weighted by Gasteiger charge is -2.11. The average Bonchev–Trinajstić information content (AvgIpc) is 2.20. The van der Waals surface area contributed by atoms with E-state index >= 15 is 0 Å². The Morgan fingerprint density at radius 3 is 2.69 bits per heavy atom. The molecule has 0 saturated carbocycles. The summed E-state index contributed by atoms with van der Waals surface area (Å²) in [5.41, 5.74) is 5.91. The molecular formula is C10H12Br2N2O2. The van der Waals surface area contributed by atoms with Crippen LogP contribution in [-0.4, -0.2) is 19.6 Å². The Bertz CT molecular complexity index is 397. The third-order valence-corrected chi connectivity index (χ3v) is 3.20.